The summed E-state index contributed by atoms with van der Waals surface area (Å²) in [6.45, 7) is 1.64. The lowest BCUT2D eigenvalue weighted by Gasteiger charge is -2.05. The van der Waals surface area contributed by atoms with Gasteiger partial charge in [-0.25, -0.2) is 5.43 Å². The molecule has 3 N–H and O–H groups in total. The van der Waals surface area contributed by atoms with Gasteiger partial charge in [0.2, 0.25) is 0 Å². The van der Waals surface area contributed by atoms with E-state index in [0.29, 0.717) is 0 Å². The molecule has 0 bridgehead atoms. The molecule has 0 spiro atoms. The first-order valence-electron chi connectivity index (χ1n) is 4.06. The number of hydrazone groups is 1. The number of carbonyl (C=O) groups excluding carboxylic acids is 1. The van der Waals surface area contributed by atoms with Crippen molar-refractivity contribution >= 4 is 23.7 Å². The van der Waals surface area contributed by atoms with Crippen molar-refractivity contribution < 1.29 is 15.0 Å². The van der Waals surface area contributed by atoms with Crippen LogP contribution in [0.4, 0.5) is 0 Å². The van der Waals surface area contributed by atoms with Gasteiger partial charge in [-0.05, 0) is 19.1 Å². The Kier molecular flexibility index (Phi) is 3.51. The Morgan fingerprint density at radius 1 is 1.53 bits per heavy atom. The number of aromatic hydroxyl groups is 2. The van der Waals surface area contributed by atoms with E-state index in [1.165, 1.54) is 18.3 Å². The highest BCUT2D eigenvalue weighted by Crippen LogP contribution is 2.35. The van der Waals surface area contributed by atoms with Crippen molar-refractivity contribution in [1.82, 2.24) is 5.43 Å². The van der Waals surface area contributed by atoms with E-state index in [1.54, 1.807) is 6.92 Å². The van der Waals surface area contributed by atoms with E-state index in [9.17, 15) is 9.90 Å². The summed E-state index contributed by atoms with van der Waals surface area (Å²) in [5.74, 6) is -1.46. The van der Waals surface area contributed by atoms with Crippen LogP contribution in [-0.2, 0) is 0 Å². The van der Waals surface area contributed by atoms with Crippen molar-refractivity contribution in [1.29, 1.82) is 0 Å². The number of carbonyl (C=O) groups is 1. The van der Waals surface area contributed by atoms with Gasteiger partial charge in [0.15, 0.2) is 11.5 Å². The topological polar surface area (TPSA) is 81.9 Å². The molecule has 1 aromatic rings. The van der Waals surface area contributed by atoms with Crippen molar-refractivity contribution in [2.45, 2.75) is 6.92 Å². The molecule has 80 valence electrons. The molecule has 1 aromatic carbocycles. The van der Waals surface area contributed by atoms with E-state index in [0.717, 1.165) is 0 Å². The van der Waals surface area contributed by atoms with Crippen LogP contribution in [0.3, 0.4) is 0 Å². The number of rotatable bonds is 2. The van der Waals surface area contributed by atoms with Gasteiger partial charge in [-0.3, -0.25) is 4.79 Å². The zero-order chi connectivity index (χ0) is 11.4. The molecular formula is C9H9ClN2O3. The van der Waals surface area contributed by atoms with Gasteiger partial charge in [0.1, 0.15) is 0 Å². The lowest BCUT2D eigenvalue weighted by Crippen LogP contribution is -2.17. The summed E-state index contributed by atoms with van der Waals surface area (Å²) < 4.78 is 0. The Morgan fingerprint density at radius 2 is 2.20 bits per heavy atom. The molecule has 0 radical (unpaired) electrons. The average Bonchev–Trinajstić information content (AvgIpc) is 2.23. The van der Waals surface area contributed by atoms with Crippen molar-refractivity contribution in [2.75, 3.05) is 0 Å². The Labute approximate surface area is 91.0 Å². The lowest BCUT2D eigenvalue weighted by molar-refractivity contribution is 0.0955. The number of hydrogen-bond donors (Lipinski definition) is 3. The van der Waals surface area contributed by atoms with Gasteiger partial charge in [-0.15, -0.1) is 0 Å². The molecule has 0 aromatic heterocycles. The van der Waals surface area contributed by atoms with Gasteiger partial charge in [0.05, 0.1) is 10.6 Å². The maximum atomic E-state index is 11.4. The van der Waals surface area contributed by atoms with Crippen LogP contribution < -0.4 is 5.43 Å². The van der Waals surface area contributed by atoms with Crippen molar-refractivity contribution in [2.24, 2.45) is 5.10 Å². The fourth-order valence-electron chi connectivity index (χ4n) is 0.913. The molecule has 0 aliphatic carbocycles. The molecule has 1 amide bonds. The number of hydrogen-bond acceptors (Lipinski definition) is 4. The molecule has 6 heteroatoms. The number of amides is 1. The molecule has 0 aliphatic heterocycles. The number of nitrogens with zero attached hydrogens (tertiary/aromatic N) is 1. The summed E-state index contributed by atoms with van der Waals surface area (Å²) in [7, 11) is 0. The molecule has 0 heterocycles. The van der Waals surface area contributed by atoms with Crippen molar-refractivity contribution in [3.05, 3.63) is 22.7 Å². The molecule has 0 fully saturated rings. The largest absolute Gasteiger partial charge is 0.504 e. The van der Waals surface area contributed by atoms with Crippen LogP contribution in [0.25, 0.3) is 0 Å². The maximum Gasteiger partial charge on any atom is 0.273 e. The molecule has 0 saturated carbocycles. The SMILES string of the molecule is C/C=N/NC(=O)c1ccc(O)c(O)c1Cl. The number of phenolic OH excluding ortho intramolecular Hbond substituents is 2. The predicted octanol–water partition coefficient (Wildman–Crippen LogP) is 1.49. The van der Waals surface area contributed by atoms with Crippen LogP contribution >= 0.6 is 11.6 Å². The van der Waals surface area contributed by atoms with Crippen LogP contribution in [0, 0.1) is 0 Å². The molecule has 5 nitrogen and oxygen atoms in total. The molecular weight excluding hydrogens is 220 g/mol. The Balaban J connectivity index is 3.05. The van der Waals surface area contributed by atoms with Crippen molar-refractivity contribution in [3.63, 3.8) is 0 Å². The normalized spacial score (nSPS) is 10.5. The summed E-state index contributed by atoms with van der Waals surface area (Å²) in [6.07, 6.45) is 1.39. The monoisotopic (exact) mass is 228 g/mol. The minimum Gasteiger partial charge on any atom is -0.504 e. The molecule has 0 aliphatic rings. The fourth-order valence-corrected chi connectivity index (χ4v) is 1.16. The molecule has 0 unspecified atom stereocenters. The third kappa shape index (κ3) is 2.38. The predicted molar refractivity (Wildman–Crippen MR) is 56.4 cm³/mol. The molecule has 15 heavy (non-hydrogen) atoms. The van der Waals surface area contributed by atoms with Gasteiger partial charge >= 0.3 is 0 Å². The lowest BCUT2D eigenvalue weighted by atomic mass is 10.2. The first-order chi connectivity index (χ1) is 7.07. The van der Waals surface area contributed by atoms with Gasteiger partial charge in [0, 0.05) is 6.21 Å². The van der Waals surface area contributed by atoms with E-state index in [2.05, 4.69) is 10.5 Å². The Bertz CT molecular complexity index is 418. The smallest absolute Gasteiger partial charge is 0.273 e. The second kappa shape index (κ2) is 4.65. The average molecular weight is 229 g/mol. The van der Waals surface area contributed by atoms with Crippen LogP contribution in [0.2, 0.25) is 5.02 Å². The minimum atomic E-state index is -0.562. The summed E-state index contributed by atoms with van der Waals surface area (Å²) in [4.78, 5) is 11.4. The van der Waals surface area contributed by atoms with E-state index in [1.807, 2.05) is 0 Å². The molecule has 0 saturated heterocycles. The second-order valence-electron chi connectivity index (χ2n) is 2.62. The highest BCUT2D eigenvalue weighted by atomic mass is 35.5. The third-order valence-corrected chi connectivity index (χ3v) is 2.02. The van der Waals surface area contributed by atoms with Crippen LogP contribution in [-0.4, -0.2) is 22.3 Å². The van der Waals surface area contributed by atoms with E-state index < -0.39 is 11.7 Å². The van der Waals surface area contributed by atoms with Gasteiger partial charge in [-0.2, -0.15) is 5.10 Å². The maximum absolute atomic E-state index is 11.4. The van der Waals surface area contributed by atoms with Crippen LogP contribution in [0.5, 0.6) is 11.5 Å². The fraction of sp³-hybridized carbons (Fsp3) is 0.111. The minimum absolute atomic E-state index is 0.0394. The quantitative estimate of drug-likeness (QED) is 0.407. The zero-order valence-corrected chi connectivity index (χ0v) is 8.62. The summed E-state index contributed by atoms with van der Waals surface area (Å²) >= 11 is 5.65. The third-order valence-electron chi connectivity index (χ3n) is 1.63. The first kappa shape index (κ1) is 11.3. The highest BCUT2D eigenvalue weighted by molar-refractivity contribution is 6.35. The number of nitrogens with one attached hydrogen (secondary N) is 1. The van der Waals surface area contributed by atoms with Gasteiger partial charge in [-0.1, -0.05) is 11.6 Å². The standard InChI is InChI=1S/C9H9ClN2O3/c1-2-11-12-9(15)5-3-4-6(13)8(14)7(5)10/h2-4,13-14H,1H3,(H,12,15)/b11-2+. The zero-order valence-electron chi connectivity index (χ0n) is 7.86. The second-order valence-corrected chi connectivity index (χ2v) is 3.00. The Hall–Kier alpha value is -1.75. The highest BCUT2D eigenvalue weighted by Gasteiger charge is 2.15. The summed E-state index contributed by atoms with van der Waals surface area (Å²) in [5.41, 5.74) is 2.23. The van der Waals surface area contributed by atoms with E-state index in [4.69, 9.17) is 16.7 Å². The van der Waals surface area contributed by atoms with E-state index in [-0.39, 0.29) is 16.3 Å². The number of phenols is 2. The summed E-state index contributed by atoms with van der Waals surface area (Å²) in [5, 5.41) is 21.7. The first-order valence-corrected chi connectivity index (χ1v) is 4.44. The summed E-state index contributed by atoms with van der Waals surface area (Å²) in [6, 6.07) is 2.46. The number of halogens is 1. The molecule has 0 atom stereocenters. The Morgan fingerprint density at radius 3 is 2.80 bits per heavy atom. The van der Waals surface area contributed by atoms with Gasteiger partial charge in [0.25, 0.3) is 5.91 Å². The van der Waals surface area contributed by atoms with Crippen LogP contribution in [0.1, 0.15) is 17.3 Å². The van der Waals surface area contributed by atoms with E-state index >= 15 is 0 Å². The van der Waals surface area contributed by atoms with Crippen molar-refractivity contribution in [3.8, 4) is 11.5 Å². The van der Waals surface area contributed by atoms with Gasteiger partial charge < -0.3 is 10.2 Å². The molecule has 1 rings (SSSR count). The van der Waals surface area contributed by atoms with Crippen LogP contribution in [0.15, 0.2) is 17.2 Å². The number of benzene rings is 1.